The van der Waals surface area contributed by atoms with E-state index in [1.165, 1.54) is 43.4 Å². The molecule has 11 heteroatoms. The second-order valence-electron chi connectivity index (χ2n) is 11.8. The lowest BCUT2D eigenvalue weighted by atomic mass is 9.87. The number of likely N-dealkylation sites (N-methyl/N-ethyl adjacent to an activating group) is 1. The second kappa shape index (κ2) is 12.3. The Kier molecular flexibility index (Phi) is 8.57. The first-order valence-corrected chi connectivity index (χ1v) is 17.2. The minimum atomic E-state index is -3.56. The van der Waals surface area contributed by atoms with Crippen molar-refractivity contribution in [3.8, 4) is 0 Å². The molecular weight excluding hydrogens is 557 g/mol. The summed E-state index contributed by atoms with van der Waals surface area (Å²) < 4.78 is 28.1. The number of amides is 1. The SMILES string of the molecule is CN1CCN(S(=O)(=O)c2ccc(C(CC3CCCC3)C(=O)Nc3nc4ccc(N5CCCCC5)nc4s3)cc2)CC1. The largest absolute Gasteiger partial charge is 0.357 e. The molecule has 0 radical (unpaired) electrons. The lowest BCUT2D eigenvalue weighted by molar-refractivity contribution is -0.118. The quantitative estimate of drug-likeness (QED) is 0.394. The highest BCUT2D eigenvalue weighted by Gasteiger charge is 2.30. The van der Waals surface area contributed by atoms with Crippen LogP contribution >= 0.6 is 11.3 Å². The summed E-state index contributed by atoms with van der Waals surface area (Å²) in [5.41, 5.74) is 1.63. The Hall–Kier alpha value is -2.60. The van der Waals surface area contributed by atoms with Crippen molar-refractivity contribution in [2.24, 2.45) is 5.92 Å². The van der Waals surface area contributed by atoms with Crippen molar-refractivity contribution in [2.45, 2.75) is 62.2 Å². The number of aromatic nitrogens is 2. The van der Waals surface area contributed by atoms with Gasteiger partial charge in [-0.3, -0.25) is 4.79 Å². The van der Waals surface area contributed by atoms with Crippen LogP contribution in [0.4, 0.5) is 10.9 Å². The number of nitrogens with zero attached hydrogens (tertiary/aromatic N) is 5. The number of carbonyl (C=O) groups is 1. The van der Waals surface area contributed by atoms with E-state index in [1.54, 1.807) is 16.4 Å². The summed E-state index contributed by atoms with van der Waals surface area (Å²) in [6.45, 7) is 4.48. The van der Waals surface area contributed by atoms with Gasteiger partial charge in [-0.15, -0.1) is 0 Å². The first-order valence-electron chi connectivity index (χ1n) is 15.0. The third-order valence-electron chi connectivity index (χ3n) is 8.89. The van der Waals surface area contributed by atoms with Gasteiger partial charge in [-0.05, 0) is 68.5 Å². The molecule has 4 heterocycles. The van der Waals surface area contributed by atoms with Crippen LogP contribution in [0.5, 0.6) is 0 Å². The highest BCUT2D eigenvalue weighted by atomic mass is 32.2. The summed E-state index contributed by atoms with van der Waals surface area (Å²) in [5, 5.41) is 3.64. The molecule has 1 aromatic carbocycles. The fourth-order valence-electron chi connectivity index (χ4n) is 6.38. The predicted molar refractivity (Wildman–Crippen MR) is 164 cm³/mol. The van der Waals surface area contributed by atoms with Crippen LogP contribution in [-0.4, -0.2) is 79.8 Å². The van der Waals surface area contributed by atoms with Crippen LogP contribution in [0.15, 0.2) is 41.3 Å². The standard InChI is InChI=1S/C30H40N6O3S2/c1-34-17-19-36(20-18-34)41(38,39)24-11-9-23(10-12-24)25(21-22-7-3-4-8-22)28(37)33-30-31-26-13-14-27(32-29(26)40-30)35-15-5-2-6-16-35/h9-14,22,25H,2-8,15-21H2,1H3,(H,31,33,37). The average Bonchev–Trinajstić information content (AvgIpc) is 3.65. The van der Waals surface area contributed by atoms with Crippen molar-refractivity contribution in [3.05, 3.63) is 42.0 Å². The molecule has 1 aliphatic carbocycles. The topological polar surface area (TPSA) is 98.7 Å². The number of fused-ring (bicyclic) bond motifs is 1. The van der Waals surface area contributed by atoms with Gasteiger partial charge >= 0.3 is 0 Å². The molecule has 3 aromatic rings. The van der Waals surface area contributed by atoms with Crippen LogP contribution in [0.1, 0.15) is 62.8 Å². The van der Waals surface area contributed by atoms with E-state index in [-0.39, 0.29) is 16.7 Å². The predicted octanol–water partition coefficient (Wildman–Crippen LogP) is 4.92. The van der Waals surface area contributed by atoms with Crippen LogP contribution in [-0.2, 0) is 14.8 Å². The van der Waals surface area contributed by atoms with Crippen LogP contribution in [0.25, 0.3) is 10.3 Å². The zero-order chi connectivity index (χ0) is 28.4. The molecule has 1 unspecified atom stereocenters. The first kappa shape index (κ1) is 28.5. The summed E-state index contributed by atoms with van der Waals surface area (Å²) in [6, 6.07) is 11.0. The molecule has 2 aliphatic heterocycles. The number of piperazine rings is 1. The summed E-state index contributed by atoms with van der Waals surface area (Å²) >= 11 is 1.41. The Bertz CT molecular complexity index is 1460. The van der Waals surface area contributed by atoms with Gasteiger partial charge in [0.05, 0.1) is 10.8 Å². The normalized spacial score (nSPS) is 20.5. The minimum Gasteiger partial charge on any atom is -0.357 e. The molecule has 220 valence electrons. The maximum absolute atomic E-state index is 13.7. The number of thiazole rings is 1. The van der Waals surface area contributed by atoms with Gasteiger partial charge < -0.3 is 15.1 Å². The molecule has 1 saturated carbocycles. The van der Waals surface area contributed by atoms with Crippen LogP contribution in [0.3, 0.4) is 0 Å². The Balaban J connectivity index is 1.20. The molecule has 1 atom stereocenters. The first-order chi connectivity index (χ1) is 19.9. The Morgan fingerprint density at radius 3 is 2.34 bits per heavy atom. The average molecular weight is 597 g/mol. The van der Waals surface area contributed by atoms with Gasteiger partial charge in [0.2, 0.25) is 15.9 Å². The fourth-order valence-corrected chi connectivity index (χ4v) is 8.63. The lowest BCUT2D eigenvalue weighted by Crippen LogP contribution is -2.47. The van der Waals surface area contributed by atoms with E-state index in [1.807, 2.05) is 31.3 Å². The molecule has 3 fully saturated rings. The van der Waals surface area contributed by atoms with E-state index < -0.39 is 10.0 Å². The fraction of sp³-hybridized carbons (Fsp3) is 0.567. The number of benzene rings is 1. The van der Waals surface area contributed by atoms with Crippen molar-refractivity contribution < 1.29 is 13.2 Å². The summed E-state index contributed by atoms with van der Waals surface area (Å²) in [7, 11) is -1.55. The molecule has 0 bridgehead atoms. The van der Waals surface area contributed by atoms with E-state index in [0.29, 0.717) is 24.1 Å². The number of sulfonamides is 1. The van der Waals surface area contributed by atoms with Gasteiger partial charge in [0, 0.05) is 39.3 Å². The molecule has 0 spiro atoms. The highest BCUT2D eigenvalue weighted by Crippen LogP contribution is 2.36. The summed E-state index contributed by atoms with van der Waals surface area (Å²) in [5.74, 6) is 0.998. The van der Waals surface area contributed by atoms with Crippen LogP contribution in [0.2, 0.25) is 0 Å². The molecule has 6 rings (SSSR count). The van der Waals surface area contributed by atoms with Gasteiger partial charge in [-0.25, -0.2) is 18.4 Å². The molecule has 41 heavy (non-hydrogen) atoms. The van der Waals surface area contributed by atoms with Gasteiger partial charge in [-0.2, -0.15) is 4.31 Å². The zero-order valence-corrected chi connectivity index (χ0v) is 25.4. The number of anilines is 2. The summed E-state index contributed by atoms with van der Waals surface area (Å²) in [6.07, 6.45) is 9.05. The van der Waals surface area contributed by atoms with Gasteiger partial charge in [0.15, 0.2) is 5.13 Å². The molecule has 2 aromatic heterocycles. The number of rotatable bonds is 8. The van der Waals surface area contributed by atoms with Crippen molar-refractivity contribution in [1.29, 1.82) is 0 Å². The number of piperidine rings is 1. The van der Waals surface area contributed by atoms with E-state index in [4.69, 9.17) is 4.98 Å². The maximum atomic E-state index is 13.7. The molecule has 2 saturated heterocycles. The number of carbonyl (C=O) groups excluding carboxylic acids is 1. The Morgan fingerprint density at radius 2 is 1.63 bits per heavy atom. The van der Waals surface area contributed by atoms with Crippen molar-refractivity contribution in [3.63, 3.8) is 0 Å². The Morgan fingerprint density at radius 1 is 0.927 bits per heavy atom. The van der Waals surface area contributed by atoms with Gasteiger partial charge in [-0.1, -0.05) is 49.2 Å². The van der Waals surface area contributed by atoms with E-state index in [2.05, 4.69) is 20.1 Å². The Labute approximate surface area is 247 Å². The second-order valence-corrected chi connectivity index (χ2v) is 14.7. The smallest absolute Gasteiger partial charge is 0.243 e. The monoisotopic (exact) mass is 596 g/mol. The maximum Gasteiger partial charge on any atom is 0.243 e. The minimum absolute atomic E-state index is 0.0955. The molecule has 3 aliphatic rings. The summed E-state index contributed by atoms with van der Waals surface area (Å²) in [4.78, 5) is 28.8. The third kappa shape index (κ3) is 6.43. The van der Waals surface area contributed by atoms with Crippen LogP contribution < -0.4 is 10.2 Å². The number of hydrogen-bond donors (Lipinski definition) is 1. The van der Waals surface area contributed by atoms with E-state index in [0.717, 1.165) is 67.2 Å². The third-order valence-corrected chi connectivity index (χ3v) is 11.7. The lowest BCUT2D eigenvalue weighted by Gasteiger charge is -2.31. The molecule has 1 amide bonds. The van der Waals surface area contributed by atoms with Crippen molar-refractivity contribution >= 4 is 48.6 Å². The van der Waals surface area contributed by atoms with Crippen molar-refractivity contribution in [1.82, 2.24) is 19.2 Å². The van der Waals surface area contributed by atoms with Crippen molar-refractivity contribution in [2.75, 3.05) is 56.5 Å². The highest BCUT2D eigenvalue weighted by molar-refractivity contribution is 7.89. The molecular formula is C30H40N6O3S2. The number of hydrogen-bond acceptors (Lipinski definition) is 8. The zero-order valence-electron chi connectivity index (χ0n) is 23.8. The molecule has 9 nitrogen and oxygen atoms in total. The molecule has 1 N–H and O–H groups in total. The van der Waals surface area contributed by atoms with E-state index in [9.17, 15) is 13.2 Å². The van der Waals surface area contributed by atoms with Crippen LogP contribution in [0, 0.1) is 5.92 Å². The van der Waals surface area contributed by atoms with Gasteiger partial charge in [0.25, 0.3) is 0 Å². The van der Waals surface area contributed by atoms with E-state index >= 15 is 0 Å². The number of pyridine rings is 1. The number of nitrogens with one attached hydrogen (secondary N) is 1. The van der Waals surface area contributed by atoms with Gasteiger partial charge in [0.1, 0.15) is 16.2 Å².